The molecule has 1 aromatic carbocycles. The van der Waals surface area contributed by atoms with Gasteiger partial charge in [0.1, 0.15) is 5.82 Å². The molecule has 5 heteroatoms. The number of benzene rings is 1. The highest BCUT2D eigenvalue weighted by molar-refractivity contribution is 14.1. The normalized spacial score (nSPS) is 11.5. The topological polar surface area (TPSA) is 52.9 Å². The van der Waals surface area contributed by atoms with Gasteiger partial charge in [0.15, 0.2) is 0 Å². The fourth-order valence-electron chi connectivity index (χ4n) is 1.20. The Bertz CT molecular complexity index is 403. The third kappa shape index (κ3) is 3.83. The molecular weight excluding hydrogens is 310 g/mol. The average Bonchev–Trinajstić information content (AvgIpc) is 2.16. The zero-order valence-corrected chi connectivity index (χ0v) is 9.86. The van der Waals surface area contributed by atoms with Crippen LogP contribution in [0.4, 0.5) is 9.18 Å². The van der Waals surface area contributed by atoms with Crippen molar-refractivity contribution in [2.45, 2.75) is 12.5 Å². The van der Waals surface area contributed by atoms with Crippen LogP contribution in [0.3, 0.4) is 0 Å². The first-order chi connectivity index (χ1) is 7.13. The number of amides is 1. The standard InChI is InChI=1S/C10H8FIN2O/c11-8-3-1-2-7(6-8)9(4-5-13)14-10(12)15/h1-3,6,9H,4H2,(H,14,15)/t9-/m0/s1. The van der Waals surface area contributed by atoms with E-state index < -0.39 is 6.04 Å². The van der Waals surface area contributed by atoms with Crippen LogP contribution in [0.5, 0.6) is 0 Å². The number of nitrogens with zero attached hydrogens (tertiary/aromatic N) is 1. The van der Waals surface area contributed by atoms with Crippen LogP contribution in [0.1, 0.15) is 18.0 Å². The zero-order valence-electron chi connectivity index (χ0n) is 7.71. The molecular formula is C10H8FIN2O. The first-order valence-corrected chi connectivity index (χ1v) is 5.29. The maximum atomic E-state index is 12.9. The Kier molecular flexibility index (Phi) is 4.49. The van der Waals surface area contributed by atoms with Gasteiger partial charge in [0.2, 0.25) is 0 Å². The van der Waals surface area contributed by atoms with E-state index in [0.717, 1.165) is 0 Å². The van der Waals surface area contributed by atoms with E-state index in [2.05, 4.69) is 5.32 Å². The van der Waals surface area contributed by atoms with Crippen molar-refractivity contribution < 1.29 is 9.18 Å². The molecule has 0 aliphatic rings. The average molecular weight is 318 g/mol. The van der Waals surface area contributed by atoms with Crippen molar-refractivity contribution in [3.8, 4) is 6.07 Å². The number of carbonyl (C=O) groups is 1. The first kappa shape index (κ1) is 11.9. The highest BCUT2D eigenvalue weighted by Gasteiger charge is 2.13. The summed E-state index contributed by atoms with van der Waals surface area (Å²) in [6, 6.07) is 7.36. The van der Waals surface area contributed by atoms with Gasteiger partial charge < -0.3 is 5.32 Å². The summed E-state index contributed by atoms with van der Waals surface area (Å²) >= 11 is 1.58. The fourth-order valence-corrected chi connectivity index (χ4v) is 1.58. The summed E-state index contributed by atoms with van der Waals surface area (Å²) in [7, 11) is 0. The van der Waals surface area contributed by atoms with Crippen LogP contribution in [0.15, 0.2) is 24.3 Å². The van der Waals surface area contributed by atoms with E-state index in [1.54, 1.807) is 34.7 Å². The highest BCUT2D eigenvalue weighted by Crippen LogP contribution is 2.17. The Morgan fingerprint density at radius 2 is 2.40 bits per heavy atom. The number of rotatable bonds is 3. The number of hydrogen-bond acceptors (Lipinski definition) is 2. The Morgan fingerprint density at radius 1 is 1.67 bits per heavy atom. The molecule has 0 spiro atoms. The second kappa shape index (κ2) is 5.66. The van der Waals surface area contributed by atoms with E-state index in [1.807, 2.05) is 6.07 Å². The molecule has 0 aliphatic heterocycles. The SMILES string of the molecule is N#CC[C@H](NC(=O)I)c1cccc(F)c1. The van der Waals surface area contributed by atoms with Crippen molar-refractivity contribution in [2.24, 2.45) is 0 Å². The quantitative estimate of drug-likeness (QED) is 0.529. The van der Waals surface area contributed by atoms with Gasteiger partial charge in [0.25, 0.3) is 3.91 Å². The van der Waals surface area contributed by atoms with Gasteiger partial charge in [-0.05, 0) is 17.7 Å². The third-order valence-corrected chi connectivity index (χ3v) is 2.15. The van der Waals surface area contributed by atoms with Gasteiger partial charge in [0, 0.05) is 22.6 Å². The molecule has 0 unspecified atom stereocenters. The molecule has 0 radical (unpaired) electrons. The van der Waals surface area contributed by atoms with Gasteiger partial charge in [-0.25, -0.2) is 4.39 Å². The van der Waals surface area contributed by atoms with E-state index in [4.69, 9.17) is 5.26 Å². The summed E-state index contributed by atoms with van der Waals surface area (Å²) in [6.07, 6.45) is 0.123. The molecule has 0 bridgehead atoms. The van der Waals surface area contributed by atoms with Crippen LogP contribution in [-0.2, 0) is 0 Å². The maximum absolute atomic E-state index is 12.9. The Hall–Kier alpha value is -1.16. The van der Waals surface area contributed by atoms with Crippen LogP contribution in [-0.4, -0.2) is 3.91 Å². The lowest BCUT2D eigenvalue weighted by molar-refractivity contribution is 0.260. The second-order valence-electron chi connectivity index (χ2n) is 2.89. The number of hydrogen-bond donors (Lipinski definition) is 1. The smallest absolute Gasteiger partial charge is 0.281 e. The summed E-state index contributed by atoms with van der Waals surface area (Å²) in [5, 5.41) is 11.2. The molecule has 0 fully saturated rings. The molecule has 1 atom stereocenters. The molecule has 0 heterocycles. The van der Waals surface area contributed by atoms with E-state index in [1.165, 1.54) is 12.1 Å². The van der Waals surface area contributed by atoms with Gasteiger partial charge in [-0.1, -0.05) is 12.1 Å². The minimum absolute atomic E-state index is 0.123. The summed E-state index contributed by atoms with van der Waals surface area (Å²) < 4.78 is 12.6. The number of carbonyl (C=O) groups excluding carboxylic acids is 1. The predicted molar refractivity (Wildman–Crippen MR) is 61.9 cm³/mol. The lowest BCUT2D eigenvalue weighted by Gasteiger charge is -2.14. The molecule has 0 aromatic heterocycles. The minimum Gasteiger partial charge on any atom is -0.340 e. The largest absolute Gasteiger partial charge is 0.340 e. The summed E-state index contributed by atoms with van der Waals surface area (Å²) in [6.45, 7) is 0. The monoisotopic (exact) mass is 318 g/mol. The Labute approximate surface area is 100 Å². The van der Waals surface area contributed by atoms with Gasteiger partial charge >= 0.3 is 0 Å². The molecule has 1 amide bonds. The van der Waals surface area contributed by atoms with Crippen LogP contribution in [0, 0.1) is 17.1 Å². The number of nitrogens with one attached hydrogen (secondary N) is 1. The van der Waals surface area contributed by atoms with E-state index in [0.29, 0.717) is 5.56 Å². The van der Waals surface area contributed by atoms with E-state index in [9.17, 15) is 9.18 Å². The molecule has 15 heavy (non-hydrogen) atoms. The van der Waals surface area contributed by atoms with E-state index >= 15 is 0 Å². The van der Waals surface area contributed by atoms with Crippen LogP contribution in [0.25, 0.3) is 0 Å². The maximum Gasteiger partial charge on any atom is 0.281 e. The van der Waals surface area contributed by atoms with Crippen molar-refractivity contribution in [3.63, 3.8) is 0 Å². The van der Waals surface area contributed by atoms with Crippen molar-refractivity contribution >= 4 is 26.5 Å². The van der Waals surface area contributed by atoms with Crippen LogP contribution >= 0.6 is 22.6 Å². The molecule has 0 saturated carbocycles. The number of nitriles is 1. The lowest BCUT2D eigenvalue weighted by Crippen LogP contribution is -2.22. The van der Waals surface area contributed by atoms with Crippen molar-refractivity contribution in [1.82, 2.24) is 5.32 Å². The van der Waals surface area contributed by atoms with Crippen molar-refractivity contribution in [3.05, 3.63) is 35.6 Å². The van der Waals surface area contributed by atoms with Crippen LogP contribution < -0.4 is 5.32 Å². The Balaban J connectivity index is 2.89. The highest BCUT2D eigenvalue weighted by atomic mass is 127. The predicted octanol–water partition coefficient (Wildman–Crippen LogP) is 2.93. The van der Waals surface area contributed by atoms with Crippen molar-refractivity contribution in [1.29, 1.82) is 5.26 Å². The number of halogens is 2. The zero-order chi connectivity index (χ0) is 11.3. The van der Waals surface area contributed by atoms with Crippen LogP contribution in [0.2, 0.25) is 0 Å². The van der Waals surface area contributed by atoms with Gasteiger partial charge in [-0.15, -0.1) is 0 Å². The van der Waals surface area contributed by atoms with Gasteiger partial charge in [-0.2, -0.15) is 5.26 Å². The molecule has 1 rings (SSSR count). The molecule has 1 N–H and O–H groups in total. The van der Waals surface area contributed by atoms with Gasteiger partial charge in [0.05, 0.1) is 18.5 Å². The Morgan fingerprint density at radius 3 is 2.93 bits per heavy atom. The summed E-state index contributed by atoms with van der Waals surface area (Å²) in [4.78, 5) is 10.9. The molecule has 1 aromatic rings. The second-order valence-corrected chi connectivity index (χ2v) is 3.87. The fraction of sp³-hybridized carbons (Fsp3) is 0.200. The van der Waals surface area contributed by atoms with Gasteiger partial charge in [-0.3, -0.25) is 4.79 Å². The van der Waals surface area contributed by atoms with Crippen molar-refractivity contribution in [2.75, 3.05) is 0 Å². The summed E-state index contributed by atoms with van der Waals surface area (Å²) in [5.41, 5.74) is 0.599. The molecule has 0 saturated heterocycles. The summed E-state index contributed by atoms with van der Waals surface area (Å²) in [5.74, 6) is -0.377. The first-order valence-electron chi connectivity index (χ1n) is 4.22. The van der Waals surface area contributed by atoms with E-state index in [-0.39, 0.29) is 16.2 Å². The molecule has 78 valence electrons. The lowest BCUT2D eigenvalue weighted by atomic mass is 10.0. The third-order valence-electron chi connectivity index (χ3n) is 1.83. The molecule has 0 aliphatic carbocycles. The molecule has 3 nitrogen and oxygen atoms in total. The minimum atomic E-state index is -0.449.